The highest BCUT2D eigenvalue weighted by Gasteiger charge is 2.54. The Morgan fingerprint density at radius 1 is 0.543 bits per heavy atom. The molecular formula is C45H52N12O13. The molecule has 1 aliphatic carbocycles. The molecule has 14 atom stereocenters. The molecule has 0 radical (unpaired) electrons. The van der Waals surface area contributed by atoms with E-state index in [4.69, 9.17) is 47.4 Å². The molecule has 0 amide bonds. The number of benzene rings is 3. The highest BCUT2D eigenvalue weighted by Crippen LogP contribution is 2.38. The van der Waals surface area contributed by atoms with Gasteiger partial charge in [-0.15, -0.1) is 0 Å². The van der Waals surface area contributed by atoms with E-state index in [2.05, 4.69) is 40.1 Å². The zero-order valence-electron chi connectivity index (χ0n) is 38.4. The van der Waals surface area contributed by atoms with Crippen LogP contribution in [0.1, 0.15) is 50.3 Å². The molecule has 3 aromatic rings. The molecule has 2 aliphatic heterocycles. The maximum absolute atomic E-state index is 12.5. The van der Waals surface area contributed by atoms with Crippen LogP contribution in [-0.2, 0) is 81.6 Å². The van der Waals surface area contributed by atoms with E-state index in [0.29, 0.717) is 0 Å². The first-order valence-corrected chi connectivity index (χ1v) is 22.2. The minimum Gasteiger partial charge on any atom is -0.463 e. The van der Waals surface area contributed by atoms with Gasteiger partial charge in [-0.25, -0.2) is 0 Å². The van der Waals surface area contributed by atoms with Crippen molar-refractivity contribution in [3.63, 3.8) is 0 Å². The largest absolute Gasteiger partial charge is 0.463 e. The summed E-state index contributed by atoms with van der Waals surface area (Å²) in [5.41, 5.74) is 41.4. The molecule has 3 aliphatic rings. The van der Waals surface area contributed by atoms with Crippen molar-refractivity contribution in [2.45, 2.75) is 139 Å². The van der Waals surface area contributed by atoms with Gasteiger partial charge in [-0.3, -0.25) is 14.4 Å². The Kier molecular flexibility index (Phi) is 20.0. The van der Waals surface area contributed by atoms with E-state index < -0.39 is 110 Å². The minimum atomic E-state index is -1.63. The van der Waals surface area contributed by atoms with Crippen LogP contribution in [0.25, 0.3) is 41.8 Å². The summed E-state index contributed by atoms with van der Waals surface area (Å²) in [5, 5.41) is 15.7. The molecule has 0 unspecified atom stereocenters. The van der Waals surface area contributed by atoms with Crippen LogP contribution in [0.15, 0.2) is 111 Å². The topological polar surface area (TPSA) is 339 Å². The molecule has 0 N–H and O–H groups in total. The van der Waals surface area contributed by atoms with E-state index in [9.17, 15) is 36.5 Å². The number of hydrogen-bond donors (Lipinski definition) is 0. The molecule has 3 fully saturated rings. The fraction of sp³-hybridized carbons (Fsp3) is 0.533. The summed E-state index contributed by atoms with van der Waals surface area (Å²) >= 11 is 0. The number of ether oxygens (including phenoxy) is 10. The van der Waals surface area contributed by atoms with Crippen molar-refractivity contribution in [1.29, 1.82) is 0 Å². The Morgan fingerprint density at radius 3 is 1.44 bits per heavy atom. The van der Waals surface area contributed by atoms with Crippen molar-refractivity contribution in [1.82, 2.24) is 0 Å². The lowest BCUT2D eigenvalue weighted by molar-refractivity contribution is -0.334. The van der Waals surface area contributed by atoms with Gasteiger partial charge in [0.2, 0.25) is 0 Å². The maximum atomic E-state index is 12.5. The van der Waals surface area contributed by atoms with Crippen molar-refractivity contribution in [3.8, 4) is 0 Å². The monoisotopic (exact) mass is 968 g/mol. The van der Waals surface area contributed by atoms with E-state index in [-0.39, 0.29) is 39.2 Å². The van der Waals surface area contributed by atoms with E-state index in [0.717, 1.165) is 37.5 Å². The van der Waals surface area contributed by atoms with Gasteiger partial charge in [0.25, 0.3) is 0 Å². The molecular weight excluding hydrogens is 917 g/mol. The van der Waals surface area contributed by atoms with Gasteiger partial charge in [0.15, 0.2) is 18.7 Å². The zero-order chi connectivity index (χ0) is 49.8. The molecule has 2 saturated heterocycles. The molecule has 70 heavy (non-hydrogen) atoms. The molecule has 0 aromatic heterocycles. The van der Waals surface area contributed by atoms with Gasteiger partial charge < -0.3 is 47.4 Å². The summed E-state index contributed by atoms with van der Waals surface area (Å²) in [5.74, 6) is -2.39. The molecule has 3 aromatic carbocycles. The Hall–Kier alpha value is -6.97. The molecule has 25 heteroatoms. The normalized spacial score (nSPS) is 29.3. The average Bonchev–Trinajstić information content (AvgIpc) is 3.35. The van der Waals surface area contributed by atoms with Crippen LogP contribution in [0.4, 0.5) is 0 Å². The van der Waals surface area contributed by atoms with Crippen molar-refractivity contribution in [3.05, 3.63) is 149 Å². The van der Waals surface area contributed by atoms with Gasteiger partial charge in [-0.05, 0) is 51.7 Å². The average molecular weight is 969 g/mol. The van der Waals surface area contributed by atoms with E-state index in [1.54, 1.807) is 0 Å². The minimum absolute atomic E-state index is 0.0620. The molecule has 0 spiro atoms. The number of esters is 3. The van der Waals surface area contributed by atoms with E-state index in [1.165, 1.54) is 0 Å². The number of nitrogens with zero attached hydrogens (tertiary/aromatic N) is 12. The first-order valence-electron chi connectivity index (χ1n) is 22.2. The Bertz CT molecular complexity index is 2390. The van der Waals surface area contributed by atoms with Gasteiger partial charge in [-0.1, -0.05) is 111 Å². The van der Waals surface area contributed by atoms with Crippen LogP contribution in [0, 0.1) is 0 Å². The number of carbonyl (C=O) groups excluding carboxylic acids is 3. The maximum Gasteiger partial charge on any atom is 0.303 e. The van der Waals surface area contributed by atoms with Crippen molar-refractivity contribution >= 4 is 17.9 Å². The van der Waals surface area contributed by atoms with Crippen molar-refractivity contribution < 1.29 is 61.8 Å². The van der Waals surface area contributed by atoms with Gasteiger partial charge in [0.1, 0.15) is 43.2 Å². The van der Waals surface area contributed by atoms with Crippen LogP contribution in [0.5, 0.6) is 0 Å². The first kappa shape index (κ1) is 52.4. The second kappa shape index (κ2) is 26.7. The number of carbonyl (C=O) groups is 3. The van der Waals surface area contributed by atoms with Crippen molar-refractivity contribution in [2.75, 3.05) is 13.2 Å². The molecule has 370 valence electrons. The molecule has 1 saturated carbocycles. The molecule has 0 bridgehead atoms. The first-order chi connectivity index (χ1) is 34.0. The predicted molar refractivity (Wildman–Crippen MR) is 242 cm³/mol. The van der Waals surface area contributed by atoms with Crippen LogP contribution < -0.4 is 0 Å². The van der Waals surface area contributed by atoms with Gasteiger partial charge in [0, 0.05) is 40.4 Å². The third-order valence-corrected chi connectivity index (χ3v) is 11.5. The summed E-state index contributed by atoms with van der Waals surface area (Å²) in [4.78, 5) is 48.7. The molecule has 6 rings (SSSR count). The number of hydrogen-bond acceptors (Lipinski definition) is 17. The summed E-state index contributed by atoms with van der Waals surface area (Å²) < 4.78 is 62.2. The zero-order valence-corrected chi connectivity index (χ0v) is 38.4. The highest BCUT2D eigenvalue weighted by molar-refractivity contribution is 5.67. The van der Waals surface area contributed by atoms with Gasteiger partial charge in [0.05, 0.1) is 56.8 Å². The summed E-state index contributed by atoms with van der Waals surface area (Å²) in [7, 11) is 0. The van der Waals surface area contributed by atoms with Gasteiger partial charge >= 0.3 is 17.9 Å². The quantitative estimate of drug-likeness (QED) is 0.0309. The van der Waals surface area contributed by atoms with E-state index >= 15 is 0 Å². The molecule has 2 heterocycles. The van der Waals surface area contributed by atoms with Crippen LogP contribution >= 0.6 is 0 Å². The summed E-state index contributed by atoms with van der Waals surface area (Å²) in [6.07, 6.45) is -13.8. The van der Waals surface area contributed by atoms with Crippen LogP contribution in [-0.4, -0.2) is 117 Å². The van der Waals surface area contributed by atoms with E-state index in [1.807, 2.05) is 91.0 Å². The van der Waals surface area contributed by atoms with Crippen LogP contribution in [0.2, 0.25) is 0 Å². The highest BCUT2D eigenvalue weighted by atomic mass is 16.7. The third-order valence-electron chi connectivity index (χ3n) is 11.5. The number of azide groups is 4. The Balaban J connectivity index is 1.34. The SMILES string of the molecule is CC(=O)OC[C@H]1O[C@@H](O[C@H]2C[C@H](N=[N+]=[N-])[C@@H](O[C@H]3O[C@H](CN=[N+]=[N-])[C@@H](OCc4ccccc4)[C@H](OCc4ccccc4)[C@H]3OCc3ccccc3)C[C@@H]2N=[N+]=[N-])[C@H](OC(C)=O)[C@@H](N=[N+]=[N-])[C@@H]1OC(C)=O. The smallest absolute Gasteiger partial charge is 0.303 e. The van der Waals surface area contributed by atoms with Crippen molar-refractivity contribution in [2.24, 2.45) is 20.5 Å². The van der Waals surface area contributed by atoms with Crippen LogP contribution in [0.3, 0.4) is 0 Å². The Morgan fingerprint density at radius 2 is 0.986 bits per heavy atom. The lowest BCUT2D eigenvalue weighted by Gasteiger charge is -2.48. The third kappa shape index (κ3) is 14.8. The second-order valence-electron chi connectivity index (χ2n) is 16.3. The fourth-order valence-corrected chi connectivity index (χ4v) is 8.41. The predicted octanol–water partition coefficient (Wildman–Crippen LogP) is 7.53. The van der Waals surface area contributed by atoms with Gasteiger partial charge in [-0.2, -0.15) is 0 Å². The molecule has 25 nitrogen and oxygen atoms in total. The summed E-state index contributed by atoms with van der Waals surface area (Å²) in [6, 6.07) is 24.5. The number of rotatable bonds is 22. The second-order valence-corrected chi connectivity index (χ2v) is 16.3. The lowest BCUT2D eigenvalue weighted by atomic mass is 9.86. The Labute approximate surface area is 401 Å². The lowest BCUT2D eigenvalue weighted by Crippen LogP contribution is -2.63. The fourth-order valence-electron chi connectivity index (χ4n) is 8.41. The standard InChI is InChI=1S/C45H52N12O13/c1-26(58)61-25-37-39(65-27(2)59)38(53-57-49)41(66-28(3)60)44(70-37)67-34-19-33(52-56-48)35(20-32(34)51-55-47)68-45-43(64-24-31-17-11-6-12-18-31)42(63-23-30-15-9-5-10-16-30)40(36(69-45)21-50-54-46)62-22-29-13-7-4-8-14-29/h4-18,32-45H,19-25H2,1-3H3/t32-,33-,34-,35-,36+,37+,38-,39+,40+,41+,42-,43+,44+,45-/m0/s1. The summed E-state index contributed by atoms with van der Waals surface area (Å²) in [6.45, 7) is 2.87.